The molecule has 0 bridgehead atoms. The summed E-state index contributed by atoms with van der Waals surface area (Å²) in [4.78, 5) is 22.5. The summed E-state index contributed by atoms with van der Waals surface area (Å²) < 4.78 is 21.4. The quantitative estimate of drug-likeness (QED) is 0.787. The zero-order chi connectivity index (χ0) is 17.9. The van der Waals surface area contributed by atoms with Gasteiger partial charge in [-0.2, -0.15) is 0 Å². The van der Waals surface area contributed by atoms with E-state index in [-0.39, 0.29) is 17.9 Å². The molecule has 0 radical (unpaired) electrons. The molecule has 0 aliphatic rings. The number of carbonyl (C=O) groups is 2. The minimum absolute atomic E-state index is 0.0501. The lowest BCUT2D eigenvalue weighted by molar-refractivity contribution is 0.0970. The smallest absolute Gasteiger partial charge is 0.284 e. The number of nitrogens with two attached hydrogens (primary N) is 2. The van der Waals surface area contributed by atoms with Crippen LogP contribution >= 0.6 is 0 Å². The highest BCUT2D eigenvalue weighted by molar-refractivity contribution is 5.94. The maximum atomic E-state index is 11.4. The molecule has 2 rings (SSSR count). The van der Waals surface area contributed by atoms with Crippen LogP contribution in [-0.2, 0) is 6.61 Å². The van der Waals surface area contributed by atoms with Crippen LogP contribution in [0.25, 0.3) is 0 Å². The van der Waals surface area contributed by atoms with E-state index in [4.69, 9.17) is 30.1 Å². The van der Waals surface area contributed by atoms with E-state index in [0.717, 1.165) is 0 Å². The Hall–Kier alpha value is -3.16. The lowest BCUT2D eigenvalue weighted by Crippen LogP contribution is -2.12. The molecule has 0 saturated carbocycles. The first-order valence-electron chi connectivity index (χ1n) is 6.95. The van der Waals surface area contributed by atoms with Gasteiger partial charge < -0.3 is 30.1 Å². The van der Waals surface area contributed by atoms with E-state index in [1.807, 2.05) is 0 Å². The van der Waals surface area contributed by atoms with E-state index in [1.54, 1.807) is 6.92 Å². The van der Waals surface area contributed by atoms with Crippen LogP contribution in [0.2, 0.25) is 0 Å². The van der Waals surface area contributed by atoms with Gasteiger partial charge in [0.05, 0.1) is 14.2 Å². The molecule has 0 unspecified atom stereocenters. The maximum absolute atomic E-state index is 11.4. The SMILES string of the molecule is COc1cc(C(N)=O)cc(OC)c1OCc1cc(C(N)=O)oc1C. The first-order valence-corrected chi connectivity index (χ1v) is 6.95. The van der Waals surface area contributed by atoms with E-state index >= 15 is 0 Å². The zero-order valence-corrected chi connectivity index (χ0v) is 13.5. The Bertz CT molecular complexity index is 756. The van der Waals surface area contributed by atoms with Crippen molar-refractivity contribution < 1.29 is 28.2 Å². The normalized spacial score (nSPS) is 10.3. The molecule has 0 atom stereocenters. The van der Waals surface area contributed by atoms with Crippen LogP contribution in [0, 0.1) is 6.92 Å². The summed E-state index contributed by atoms with van der Waals surface area (Å²) in [7, 11) is 2.86. The molecule has 128 valence electrons. The molecule has 0 saturated heterocycles. The zero-order valence-electron chi connectivity index (χ0n) is 13.5. The summed E-state index contributed by atoms with van der Waals surface area (Å²) >= 11 is 0. The van der Waals surface area contributed by atoms with Gasteiger partial charge in [-0.3, -0.25) is 9.59 Å². The predicted octanol–water partition coefficient (Wildman–Crippen LogP) is 1.38. The highest BCUT2D eigenvalue weighted by Crippen LogP contribution is 2.39. The Morgan fingerprint density at radius 3 is 2.04 bits per heavy atom. The van der Waals surface area contributed by atoms with Crippen molar-refractivity contribution in [2.45, 2.75) is 13.5 Å². The second-order valence-corrected chi connectivity index (χ2v) is 4.92. The predicted molar refractivity (Wildman–Crippen MR) is 84.4 cm³/mol. The Balaban J connectivity index is 2.32. The van der Waals surface area contributed by atoms with Gasteiger partial charge in [0.1, 0.15) is 12.4 Å². The number of rotatable bonds is 7. The van der Waals surface area contributed by atoms with Crippen molar-refractivity contribution in [3.63, 3.8) is 0 Å². The average molecular weight is 334 g/mol. The van der Waals surface area contributed by atoms with Crippen molar-refractivity contribution >= 4 is 11.8 Å². The number of methoxy groups -OCH3 is 2. The lowest BCUT2D eigenvalue weighted by atomic mass is 10.1. The third kappa shape index (κ3) is 3.43. The van der Waals surface area contributed by atoms with Crippen molar-refractivity contribution in [3.8, 4) is 17.2 Å². The summed E-state index contributed by atoms with van der Waals surface area (Å²) in [5.74, 6) is 0.162. The molecule has 2 amide bonds. The minimum Gasteiger partial charge on any atom is -0.493 e. The molecular weight excluding hydrogens is 316 g/mol. The molecule has 0 aliphatic carbocycles. The van der Waals surface area contributed by atoms with Gasteiger partial charge in [0.25, 0.3) is 5.91 Å². The Morgan fingerprint density at radius 1 is 1.04 bits per heavy atom. The molecule has 0 spiro atoms. The van der Waals surface area contributed by atoms with Crippen molar-refractivity contribution in [3.05, 3.63) is 40.8 Å². The van der Waals surface area contributed by atoms with Crippen LogP contribution in [0.5, 0.6) is 17.2 Å². The molecule has 1 aromatic carbocycles. The first kappa shape index (κ1) is 17.2. The third-order valence-electron chi connectivity index (χ3n) is 3.38. The topological polar surface area (TPSA) is 127 Å². The molecule has 0 fully saturated rings. The summed E-state index contributed by atoms with van der Waals surface area (Å²) in [5, 5.41) is 0. The molecule has 4 N–H and O–H groups in total. The third-order valence-corrected chi connectivity index (χ3v) is 3.38. The molecule has 8 heteroatoms. The van der Waals surface area contributed by atoms with Gasteiger partial charge in [0.15, 0.2) is 17.3 Å². The number of furan rings is 1. The Morgan fingerprint density at radius 2 is 1.62 bits per heavy atom. The van der Waals surface area contributed by atoms with Crippen LogP contribution < -0.4 is 25.7 Å². The molecule has 0 aliphatic heterocycles. The highest BCUT2D eigenvalue weighted by atomic mass is 16.5. The second kappa shape index (κ2) is 6.95. The number of carbonyl (C=O) groups excluding carboxylic acids is 2. The lowest BCUT2D eigenvalue weighted by Gasteiger charge is -2.15. The van der Waals surface area contributed by atoms with E-state index in [0.29, 0.717) is 28.6 Å². The van der Waals surface area contributed by atoms with Gasteiger partial charge in [-0.15, -0.1) is 0 Å². The number of hydrogen-bond donors (Lipinski definition) is 2. The number of amides is 2. The van der Waals surface area contributed by atoms with Gasteiger partial charge in [-0.25, -0.2) is 0 Å². The van der Waals surface area contributed by atoms with Crippen LogP contribution in [0.4, 0.5) is 0 Å². The molecule has 24 heavy (non-hydrogen) atoms. The van der Waals surface area contributed by atoms with Gasteiger partial charge in [0, 0.05) is 11.1 Å². The van der Waals surface area contributed by atoms with Gasteiger partial charge in [-0.1, -0.05) is 0 Å². The van der Waals surface area contributed by atoms with Crippen molar-refractivity contribution in [2.24, 2.45) is 11.5 Å². The van der Waals surface area contributed by atoms with Crippen molar-refractivity contribution in [1.29, 1.82) is 0 Å². The number of primary amides is 2. The number of ether oxygens (including phenoxy) is 3. The molecule has 1 heterocycles. The fourth-order valence-electron chi connectivity index (χ4n) is 2.10. The van der Waals surface area contributed by atoms with Crippen LogP contribution in [0.3, 0.4) is 0 Å². The van der Waals surface area contributed by atoms with Crippen molar-refractivity contribution in [2.75, 3.05) is 14.2 Å². The Labute approximate surface area is 138 Å². The van der Waals surface area contributed by atoms with Crippen molar-refractivity contribution in [1.82, 2.24) is 0 Å². The fraction of sp³-hybridized carbons (Fsp3) is 0.250. The summed E-state index contributed by atoms with van der Waals surface area (Å²) in [6, 6.07) is 4.42. The van der Waals surface area contributed by atoms with Crippen LogP contribution in [0.15, 0.2) is 22.6 Å². The number of aryl methyl sites for hydroxylation is 1. The minimum atomic E-state index is -0.662. The van der Waals surface area contributed by atoms with Gasteiger partial charge in [-0.05, 0) is 25.1 Å². The first-order chi connectivity index (χ1) is 11.4. The number of benzene rings is 1. The van der Waals surface area contributed by atoms with E-state index in [9.17, 15) is 9.59 Å². The molecule has 2 aromatic rings. The van der Waals surface area contributed by atoms with E-state index < -0.39 is 11.8 Å². The second-order valence-electron chi connectivity index (χ2n) is 4.92. The van der Waals surface area contributed by atoms with Gasteiger partial charge in [0.2, 0.25) is 11.7 Å². The average Bonchev–Trinajstić information content (AvgIpc) is 2.93. The highest BCUT2D eigenvalue weighted by Gasteiger charge is 2.18. The Kier molecular flexibility index (Phi) is 4.98. The van der Waals surface area contributed by atoms with E-state index in [2.05, 4.69) is 0 Å². The van der Waals surface area contributed by atoms with Crippen LogP contribution in [0.1, 0.15) is 32.2 Å². The number of hydrogen-bond acceptors (Lipinski definition) is 6. The fourth-order valence-corrected chi connectivity index (χ4v) is 2.10. The summed E-state index contributed by atoms with van der Waals surface area (Å²) in [5.41, 5.74) is 11.3. The summed E-state index contributed by atoms with van der Waals surface area (Å²) in [6.07, 6.45) is 0. The maximum Gasteiger partial charge on any atom is 0.284 e. The standard InChI is InChI=1S/C16H18N2O6/c1-8-10(6-13(24-8)16(18)20)7-23-14-11(21-2)4-9(15(17)19)5-12(14)22-3/h4-6H,7H2,1-3H3,(H2,17,19)(H2,18,20). The molecular formula is C16H18N2O6. The van der Waals surface area contributed by atoms with E-state index in [1.165, 1.54) is 32.4 Å². The molecule has 1 aromatic heterocycles. The van der Waals surface area contributed by atoms with Crippen LogP contribution in [-0.4, -0.2) is 26.0 Å². The molecule has 8 nitrogen and oxygen atoms in total. The van der Waals surface area contributed by atoms with Gasteiger partial charge >= 0.3 is 0 Å². The summed E-state index contributed by atoms with van der Waals surface area (Å²) in [6.45, 7) is 1.78. The monoisotopic (exact) mass is 334 g/mol. The largest absolute Gasteiger partial charge is 0.493 e.